The zero-order chi connectivity index (χ0) is 15.4. The number of halogens is 1. The predicted octanol–water partition coefficient (Wildman–Crippen LogP) is 3.89. The van der Waals surface area contributed by atoms with Gasteiger partial charge in [-0.3, -0.25) is 10.1 Å². The summed E-state index contributed by atoms with van der Waals surface area (Å²) in [7, 11) is 3.51. The molecular weight excluding hydrogens is 292 g/mol. The average molecular weight is 307 g/mol. The fourth-order valence-electron chi connectivity index (χ4n) is 2.10. The molecule has 0 spiro atoms. The summed E-state index contributed by atoms with van der Waals surface area (Å²) in [5.41, 5.74) is 1.64. The number of para-hydroxylation sites is 2. The van der Waals surface area contributed by atoms with Crippen LogP contribution in [0, 0.1) is 10.1 Å². The molecule has 0 aliphatic carbocycles. The van der Waals surface area contributed by atoms with Crippen molar-refractivity contribution in [3.8, 4) is 5.75 Å². The van der Waals surface area contributed by atoms with Crippen molar-refractivity contribution in [3.63, 3.8) is 0 Å². The van der Waals surface area contributed by atoms with Crippen molar-refractivity contribution >= 4 is 23.0 Å². The first-order valence-corrected chi connectivity index (χ1v) is 6.67. The first-order chi connectivity index (χ1) is 10.0. The Balaban J connectivity index is 2.25. The fourth-order valence-corrected chi connectivity index (χ4v) is 2.29. The van der Waals surface area contributed by atoms with E-state index in [1.54, 1.807) is 19.2 Å². The second kappa shape index (κ2) is 6.45. The van der Waals surface area contributed by atoms with E-state index in [1.165, 1.54) is 6.07 Å². The molecule has 0 radical (unpaired) electrons. The molecular formula is C15H15ClN2O3. The molecule has 0 atom stereocenters. The normalized spacial score (nSPS) is 10.2. The van der Waals surface area contributed by atoms with Crippen molar-refractivity contribution in [1.82, 2.24) is 0 Å². The van der Waals surface area contributed by atoms with Gasteiger partial charge in [-0.2, -0.15) is 0 Å². The smallest absolute Gasteiger partial charge is 0.288 e. The van der Waals surface area contributed by atoms with Crippen LogP contribution in [0.5, 0.6) is 5.75 Å². The molecule has 0 fully saturated rings. The van der Waals surface area contributed by atoms with Crippen molar-refractivity contribution in [2.24, 2.45) is 0 Å². The molecule has 2 aromatic rings. The SMILES string of the molecule is COc1ccccc1N(C)Cc1ccc(Cl)c([N+](=O)[O-])c1. The largest absolute Gasteiger partial charge is 0.495 e. The molecule has 6 heteroatoms. The van der Waals surface area contributed by atoms with Gasteiger partial charge in [0.1, 0.15) is 10.8 Å². The lowest BCUT2D eigenvalue weighted by Crippen LogP contribution is -2.17. The van der Waals surface area contributed by atoms with E-state index in [9.17, 15) is 10.1 Å². The summed E-state index contributed by atoms with van der Waals surface area (Å²) < 4.78 is 5.31. The number of benzene rings is 2. The molecule has 0 saturated carbocycles. The number of nitrogens with zero attached hydrogens (tertiary/aromatic N) is 2. The number of nitro benzene ring substituents is 1. The van der Waals surface area contributed by atoms with Gasteiger partial charge in [0.15, 0.2) is 0 Å². The van der Waals surface area contributed by atoms with Gasteiger partial charge in [-0.15, -0.1) is 0 Å². The number of methoxy groups -OCH3 is 1. The van der Waals surface area contributed by atoms with Gasteiger partial charge >= 0.3 is 0 Å². The van der Waals surface area contributed by atoms with Crippen molar-refractivity contribution < 1.29 is 9.66 Å². The third kappa shape index (κ3) is 3.44. The van der Waals surface area contributed by atoms with Gasteiger partial charge in [-0.1, -0.05) is 29.8 Å². The van der Waals surface area contributed by atoms with E-state index in [0.29, 0.717) is 6.54 Å². The van der Waals surface area contributed by atoms with Crippen LogP contribution in [0.25, 0.3) is 0 Å². The zero-order valence-corrected chi connectivity index (χ0v) is 12.5. The molecule has 0 aliphatic rings. The minimum Gasteiger partial charge on any atom is -0.495 e. The summed E-state index contributed by atoms with van der Waals surface area (Å²) in [5.74, 6) is 0.753. The predicted molar refractivity (Wildman–Crippen MR) is 83.2 cm³/mol. The Morgan fingerprint density at radius 3 is 2.67 bits per heavy atom. The highest BCUT2D eigenvalue weighted by molar-refractivity contribution is 6.32. The third-order valence-electron chi connectivity index (χ3n) is 3.12. The molecule has 110 valence electrons. The van der Waals surface area contributed by atoms with E-state index in [0.717, 1.165) is 17.0 Å². The van der Waals surface area contributed by atoms with E-state index >= 15 is 0 Å². The van der Waals surface area contributed by atoms with Gasteiger partial charge in [0.05, 0.1) is 17.7 Å². The maximum Gasteiger partial charge on any atom is 0.288 e. The molecule has 0 bridgehead atoms. The number of nitro groups is 1. The highest BCUT2D eigenvalue weighted by Crippen LogP contribution is 2.29. The Hall–Kier alpha value is -2.27. The Morgan fingerprint density at radius 2 is 2.00 bits per heavy atom. The highest BCUT2D eigenvalue weighted by Gasteiger charge is 2.14. The molecule has 5 nitrogen and oxygen atoms in total. The quantitative estimate of drug-likeness (QED) is 0.621. The van der Waals surface area contributed by atoms with E-state index in [-0.39, 0.29) is 10.7 Å². The molecule has 2 rings (SSSR count). The lowest BCUT2D eigenvalue weighted by Gasteiger charge is -2.21. The highest BCUT2D eigenvalue weighted by atomic mass is 35.5. The molecule has 0 aliphatic heterocycles. The minimum atomic E-state index is -0.477. The molecule has 0 N–H and O–H groups in total. The third-order valence-corrected chi connectivity index (χ3v) is 3.44. The van der Waals surface area contributed by atoms with Crippen LogP contribution in [0.1, 0.15) is 5.56 Å². The van der Waals surface area contributed by atoms with Crippen LogP contribution in [-0.4, -0.2) is 19.1 Å². The summed E-state index contributed by atoms with van der Waals surface area (Å²) in [6, 6.07) is 12.4. The number of hydrogen-bond donors (Lipinski definition) is 0. The van der Waals surface area contributed by atoms with Crippen LogP contribution in [0.4, 0.5) is 11.4 Å². The van der Waals surface area contributed by atoms with Crippen molar-refractivity contribution in [1.29, 1.82) is 0 Å². The Labute approximate surface area is 127 Å². The van der Waals surface area contributed by atoms with Crippen LogP contribution in [-0.2, 0) is 6.54 Å². The fraction of sp³-hybridized carbons (Fsp3) is 0.200. The molecule has 2 aromatic carbocycles. The van der Waals surface area contributed by atoms with Gasteiger partial charge in [-0.05, 0) is 23.8 Å². The van der Waals surface area contributed by atoms with Crippen LogP contribution >= 0.6 is 11.6 Å². The summed E-state index contributed by atoms with van der Waals surface area (Å²) >= 11 is 5.82. The maximum absolute atomic E-state index is 10.9. The Bertz CT molecular complexity index is 661. The van der Waals surface area contributed by atoms with E-state index in [4.69, 9.17) is 16.3 Å². The summed E-state index contributed by atoms with van der Waals surface area (Å²) in [6.07, 6.45) is 0. The van der Waals surface area contributed by atoms with E-state index in [2.05, 4.69) is 0 Å². The van der Waals surface area contributed by atoms with Gasteiger partial charge in [0, 0.05) is 19.7 Å². The standard InChI is InChI=1S/C15H15ClN2O3/c1-17(13-5-3-4-6-15(13)21-2)10-11-7-8-12(16)14(9-11)18(19)20/h3-9H,10H2,1-2H3. The number of rotatable bonds is 5. The molecule has 0 heterocycles. The van der Waals surface area contributed by atoms with Gasteiger partial charge < -0.3 is 9.64 Å². The summed E-state index contributed by atoms with van der Waals surface area (Å²) in [5, 5.41) is 11.1. The van der Waals surface area contributed by atoms with Crippen LogP contribution in [0.2, 0.25) is 5.02 Å². The molecule has 0 unspecified atom stereocenters. The van der Waals surface area contributed by atoms with E-state index < -0.39 is 4.92 Å². The number of hydrogen-bond acceptors (Lipinski definition) is 4. The lowest BCUT2D eigenvalue weighted by atomic mass is 10.1. The van der Waals surface area contributed by atoms with Crippen molar-refractivity contribution in [2.45, 2.75) is 6.54 Å². The van der Waals surface area contributed by atoms with Gasteiger partial charge in [0.25, 0.3) is 5.69 Å². The van der Waals surface area contributed by atoms with Crippen LogP contribution < -0.4 is 9.64 Å². The Kier molecular flexibility index (Phi) is 4.65. The lowest BCUT2D eigenvalue weighted by molar-refractivity contribution is -0.384. The monoisotopic (exact) mass is 306 g/mol. The summed E-state index contributed by atoms with van der Waals surface area (Å²) in [4.78, 5) is 12.4. The van der Waals surface area contributed by atoms with Crippen LogP contribution in [0.3, 0.4) is 0 Å². The second-order valence-electron chi connectivity index (χ2n) is 4.57. The Morgan fingerprint density at radius 1 is 1.29 bits per heavy atom. The van der Waals surface area contributed by atoms with Crippen molar-refractivity contribution in [3.05, 3.63) is 63.2 Å². The van der Waals surface area contributed by atoms with Gasteiger partial charge in [0.2, 0.25) is 0 Å². The zero-order valence-electron chi connectivity index (χ0n) is 11.7. The first kappa shape index (κ1) is 15.1. The average Bonchev–Trinajstić information content (AvgIpc) is 2.48. The number of anilines is 1. The molecule has 0 saturated heterocycles. The maximum atomic E-state index is 10.9. The minimum absolute atomic E-state index is 0.0809. The van der Waals surface area contributed by atoms with E-state index in [1.807, 2.05) is 36.2 Å². The summed E-state index contributed by atoms with van der Waals surface area (Å²) in [6.45, 7) is 0.512. The second-order valence-corrected chi connectivity index (χ2v) is 4.98. The van der Waals surface area contributed by atoms with Gasteiger partial charge in [-0.25, -0.2) is 0 Å². The molecule has 0 amide bonds. The van der Waals surface area contributed by atoms with Crippen molar-refractivity contribution in [2.75, 3.05) is 19.1 Å². The molecule has 21 heavy (non-hydrogen) atoms. The molecule has 0 aromatic heterocycles. The number of ether oxygens (including phenoxy) is 1. The van der Waals surface area contributed by atoms with Crippen LogP contribution in [0.15, 0.2) is 42.5 Å². The first-order valence-electron chi connectivity index (χ1n) is 6.30. The topological polar surface area (TPSA) is 55.6 Å².